The van der Waals surface area contributed by atoms with Crippen LogP contribution in [0.3, 0.4) is 0 Å². The number of hydrogen-bond acceptors (Lipinski definition) is 3. The first kappa shape index (κ1) is 14.3. The van der Waals surface area contributed by atoms with E-state index in [-0.39, 0.29) is 0 Å². The van der Waals surface area contributed by atoms with Crippen LogP contribution in [0.5, 0.6) is 5.75 Å². The summed E-state index contributed by atoms with van der Waals surface area (Å²) in [6.07, 6.45) is 0.0225. The third kappa shape index (κ3) is 2.92. The Hall–Kier alpha value is -0.770. The molecule has 96 valence electrons. The zero-order valence-electron chi connectivity index (χ0n) is 10.4. The molecule has 0 heterocycles. The maximum absolute atomic E-state index is 10.3. The normalized spacial score (nSPS) is 13.5. The molecule has 0 saturated carbocycles. The number of rotatable bonds is 5. The topological polar surface area (TPSA) is 49.7 Å². The highest BCUT2D eigenvalue weighted by molar-refractivity contribution is 6.32. The Morgan fingerprint density at radius 3 is 2.41 bits per heavy atom. The van der Waals surface area contributed by atoms with Gasteiger partial charge in [-0.3, -0.25) is 0 Å². The fourth-order valence-electron chi connectivity index (χ4n) is 1.79. The third-order valence-corrected chi connectivity index (χ3v) is 3.54. The van der Waals surface area contributed by atoms with Gasteiger partial charge in [0.1, 0.15) is 11.9 Å². The van der Waals surface area contributed by atoms with Crippen LogP contribution in [0, 0.1) is 0 Å². The number of benzene rings is 1. The zero-order valence-corrected chi connectivity index (χ0v) is 11.2. The molecule has 1 aromatic carbocycles. The van der Waals surface area contributed by atoms with E-state index in [0.29, 0.717) is 29.2 Å². The minimum Gasteiger partial charge on any atom is -0.495 e. The third-order valence-electron chi connectivity index (χ3n) is 3.22. The first-order valence-corrected chi connectivity index (χ1v) is 6.10. The standard InChI is InChI=1S/C13H19ClO3/c1-4-13(16,5-2)12(15)9-6-7-10(14)11(8-9)17-3/h6-8,12,15-16H,4-5H2,1-3H3. The van der Waals surface area contributed by atoms with Crippen molar-refractivity contribution in [2.45, 2.75) is 38.4 Å². The Morgan fingerprint density at radius 2 is 1.94 bits per heavy atom. The fourth-order valence-corrected chi connectivity index (χ4v) is 1.99. The van der Waals surface area contributed by atoms with Gasteiger partial charge in [-0.15, -0.1) is 0 Å². The number of hydrogen-bond donors (Lipinski definition) is 2. The maximum atomic E-state index is 10.3. The molecule has 0 bridgehead atoms. The largest absolute Gasteiger partial charge is 0.495 e. The minimum absolute atomic E-state index is 0.482. The van der Waals surface area contributed by atoms with Gasteiger partial charge in [-0.05, 0) is 30.5 Å². The van der Waals surface area contributed by atoms with Gasteiger partial charge in [0.05, 0.1) is 17.7 Å². The van der Waals surface area contributed by atoms with Crippen molar-refractivity contribution in [1.29, 1.82) is 0 Å². The molecule has 0 radical (unpaired) electrons. The van der Waals surface area contributed by atoms with E-state index < -0.39 is 11.7 Å². The number of aliphatic hydroxyl groups excluding tert-OH is 1. The summed E-state index contributed by atoms with van der Waals surface area (Å²) < 4.78 is 5.09. The van der Waals surface area contributed by atoms with Gasteiger partial charge in [0.2, 0.25) is 0 Å². The molecular formula is C13H19ClO3. The number of aliphatic hydroxyl groups is 2. The lowest BCUT2D eigenvalue weighted by molar-refractivity contribution is -0.0821. The summed E-state index contributed by atoms with van der Waals surface area (Å²) in [5.41, 5.74) is -0.504. The molecular weight excluding hydrogens is 240 g/mol. The van der Waals surface area contributed by atoms with Gasteiger partial charge in [0.25, 0.3) is 0 Å². The molecule has 0 aliphatic heterocycles. The number of halogens is 1. The minimum atomic E-state index is -1.11. The highest BCUT2D eigenvalue weighted by atomic mass is 35.5. The summed E-state index contributed by atoms with van der Waals surface area (Å²) in [6.45, 7) is 3.69. The van der Waals surface area contributed by atoms with Crippen LogP contribution in [0.25, 0.3) is 0 Å². The molecule has 3 nitrogen and oxygen atoms in total. The molecule has 17 heavy (non-hydrogen) atoms. The quantitative estimate of drug-likeness (QED) is 0.854. The lowest BCUT2D eigenvalue weighted by Gasteiger charge is -2.31. The SMILES string of the molecule is CCC(O)(CC)C(O)c1ccc(Cl)c(OC)c1. The van der Waals surface area contributed by atoms with Gasteiger partial charge in [-0.1, -0.05) is 31.5 Å². The summed E-state index contributed by atoms with van der Waals surface area (Å²) in [7, 11) is 1.52. The molecule has 0 aliphatic rings. The van der Waals surface area contributed by atoms with E-state index in [4.69, 9.17) is 16.3 Å². The number of ether oxygens (including phenoxy) is 1. The van der Waals surface area contributed by atoms with Crippen molar-refractivity contribution in [3.8, 4) is 5.75 Å². The van der Waals surface area contributed by atoms with Gasteiger partial charge in [-0.2, -0.15) is 0 Å². The van der Waals surface area contributed by atoms with Crippen LogP contribution < -0.4 is 4.74 Å². The molecule has 1 unspecified atom stereocenters. The van der Waals surface area contributed by atoms with Crippen LogP contribution in [0.4, 0.5) is 0 Å². The molecule has 0 saturated heterocycles. The van der Waals surface area contributed by atoms with Crippen LogP contribution in [0.2, 0.25) is 5.02 Å². The molecule has 0 aliphatic carbocycles. The summed E-state index contributed by atoms with van der Waals surface area (Å²) in [6, 6.07) is 5.01. The van der Waals surface area contributed by atoms with Crippen molar-refractivity contribution in [3.05, 3.63) is 28.8 Å². The Bertz CT molecular complexity index is 375. The molecule has 1 aromatic rings. The summed E-state index contributed by atoms with van der Waals surface area (Å²) in [4.78, 5) is 0. The molecule has 0 aromatic heterocycles. The maximum Gasteiger partial charge on any atom is 0.137 e. The molecule has 0 amide bonds. The molecule has 0 fully saturated rings. The van der Waals surface area contributed by atoms with Crippen LogP contribution in [0.15, 0.2) is 18.2 Å². The monoisotopic (exact) mass is 258 g/mol. The second kappa shape index (κ2) is 5.71. The van der Waals surface area contributed by atoms with Gasteiger partial charge in [-0.25, -0.2) is 0 Å². The highest BCUT2D eigenvalue weighted by Crippen LogP contribution is 2.35. The van der Waals surface area contributed by atoms with E-state index in [9.17, 15) is 10.2 Å². The molecule has 4 heteroatoms. The summed E-state index contributed by atoms with van der Waals surface area (Å²) in [5, 5.41) is 20.9. The second-order valence-electron chi connectivity index (χ2n) is 4.11. The van der Waals surface area contributed by atoms with E-state index in [1.54, 1.807) is 18.2 Å². The fraction of sp³-hybridized carbons (Fsp3) is 0.538. The molecule has 0 spiro atoms. The van der Waals surface area contributed by atoms with Crippen molar-refractivity contribution in [2.75, 3.05) is 7.11 Å². The molecule has 2 N–H and O–H groups in total. The Balaban J connectivity index is 3.07. The lowest BCUT2D eigenvalue weighted by atomic mass is 9.86. The first-order valence-electron chi connectivity index (χ1n) is 5.72. The lowest BCUT2D eigenvalue weighted by Crippen LogP contribution is -2.34. The smallest absolute Gasteiger partial charge is 0.137 e. The molecule has 1 atom stereocenters. The van der Waals surface area contributed by atoms with Crippen LogP contribution >= 0.6 is 11.6 Å². The van der Waals surface area contributed by atoms with Crippen LogP contribution in [0.1, 0.15) is 38.4 Å². The van der Waals surface area contributed by atoms with Gasteiger partial charge < -0.3 is 14.9 Å². The summed E-state index contributed by atoms with van der Waals surface area (Å²) in [5.74, 6) is 0.498. The van der Waals surface area contributed by atoms with E-state index in [0.717, 1.165) is 0 Å². The molecule has 1 rings (SSSR count). The first-order chi connectivity index (χ1) is 7.98. The van der Waals surface area contributed by atoms with Crippen molar-refractivity contribution in [1.82, 2.24) is 0 Å². The van der Waals surface area contributed by atoms with Crippen LogP contribution in [-0.4, -0.2) is 22.9 Å². The average molecular weight is 259 g/mol. The van der Waals surface area contributed by atoms with Crippen molar-refractivity contribution >= 4 is 11.6 Å². The van der Waals surface area contributed by atoms with Crippen molar-refractivity contribution < 1.29 is 14.9 Å². The Labute approximate surface area is 107 Å². The Kier molecular flexibility index (Phi) is 4.80. The van der Waals surface area contributed by atoms with Crippen molar-refractivity contribution in [3.63, 3.8) is 0 Å². The van der Waals surface area contributed by atoms with Crippen LogP contribution in [-0.2, 0) is 0 Å². The van der Waals surface area contributed by atoms with E-state index in [1.165, 1.54) is 7.11 Å². The predicted molar refractivity (Wildman–Crippen MR) is 68.5 cm³/mol. The van der Waals surface area contributed by atoms with Gasteiger partial charge in [0, 0.05) is 0 Å². The predicted octanol–water partition coefficient (Wildman–Crippen LogP) is 2.93. The van der Waals surface area contributed by atoms with E-state index in [1.807, 2.05) is 13.8 Å². The number of methoxy groups -OCH3 is 1. The zero-order chi connectivity index (χ0) is 13.1. The van der Waals surface area contributed by atoms with Gasteiger partial charge >= 0.3 is 0 Å². The Morgan fingerprint density at radius 1 is 1.35 bits per heavy atom. The second-order valence-corrected chi connectivity index (χ2v) is 4.51. The van der Waals surface area contributed by atoms with E-state index in [2.05, 4.69) is 0 Å². The summed E-state index contributed by atoms with van der Waals surface area (Å²) >= 11 is 5.91. The van der Waals surface area contributed by atoms with Crippen molar-refractivity contribution in [2.24, 2.45) is 0 Å². The average Bonchev–Trinajstić information content (AvgIpc) is 2.37. The van der Waals surface area contributed by atoms with E-state index >= 15 is 0 Å². The highest BCUT2D eigenvalue weighted by Gasteiger charge is 2.33. The van der Waals surface area contributed by atoms with Gasteiger partial charge in [0.15, 0.2) is 0 Å².